The van der Waals surface area contributed by atoms with Gasteiger partial charge in [-0.2, -0.15) is 0 Å². The van der Waals surface area contributed by atoms with Crippen LogP contribution in [0.25, 0.3) is 0 Å². The topological polar surface area (TPSA) is 70.2 Å². The van der Waals surface area contributed by atoms with E-state index in [-0.39, 0.29) is 29.3 Å². The largest absolute Gasteiger partial charge is 0.332 e. The number of thiocarbonyl (C=S) groups is 1. The highest BCUT2D eigenvalue weighted by Gasteiger charge is 2.09. The van der Waals surface area contributed by atoms with Gasteiger partial charge in [-0.1, -0.05) is 49.7 Å². The van der Waals surface area contributed by atoms with Gasteiger partial charge in [-0.15, -0.1) is 0 Å². The van der Waals surface area contributed by atoms with Crippen LogP contribution in [0.1, 0.15) is 25.8 Å². The summed E-state index contributed by atoms with van der Waals surface area (Å²) in [6, 6.07) is 14.6. The molecule has 0 spiro atoms. The smallest absolute Gasteiger partial charge is 0.226 e. The van der Waals surface area contributed by atoms with Crippen LogP contribution in [0.4, 0.5) is 11.4 Å². The van der Waals surface area contributed by atoms with Crippen molar-refractivity contribution < 1.29 is 9.59 Å². The van der Waals surface area contributed by atoms with Gasteiger partial charge in [0.15, 0.2) is 5.11 Å². The number of rotatable bonds is 6. The molecule has 0 saturated carbocycles. The molecule has 27 heavy (non-hydrogen) atoms. The van der Waals surface area contributed by atoms with E-state index in [0.717, 1.165) is 5.56 Å². The minimum absolute atomic E-state index is 0.0670. The van der Waals surface area contributed by atoms with Crippen LogP contribution in [0, 0.1) is 5.92 Å². The molecule has 142 valence electrons. The molecule has 0 radical (unpaired) electrons. The van der Waals surface area contributed by atoms with Crippen LogP contribution >= 0.6 is 23.8 Å². The van der Waals surface area contributed by atoms with E-state index in [9.17, 15) is 9.59 Å². The maximum atomic E-state index is 12.1. The summed E-state index contributed by atoms with van der Waals surface area (Å²) in [4.78, 5) is 23.9. The Bertz CT molecular complexity index is 839. The van der Waals surface area contributed by atoms with Crippen LogP contribution in [-0.4, -0.2) is 16.9 Å². The summed E-state index contributed by atoms with van der Waals surface area (Å²) >= 11 is 11.3. The van der Waals surface area contributed by atoms with Gasteiger partial charge in [0.1, 0.15) is 0 Å². The van der Waals surface area contributed by atoms with Crippen molar-refractivity contribution in [1.29, 1.82) is 0 Å². The van der Waals surface area contributed by atoms with Gasteiger partial charge in [0.05, 0.1) is 0 Å². The van der Waals surface area contributed by atoms with E-state index in [1.807, 2.05) is 32.0 Å². The molecule has 7 heteroatoms. The predicted octanol–water partition coefficient (Wildman–Crippen LogP) is 4.38. The minimum atomic E-state index is -0.198. The summed E-state index contributed by atoms with van der Waals surface area (Å²) in [5.41, 5.74) is 2.25. The van der Waals surface area contributed by atoms with E-state index in [1.54, 1.807) is 30.3 Å². The number of halogens is 1. The van der Waals surface area contributed by atoms with Crippen LogP contribution in [0.3, 0.4) is 0 Å². The Kier molecular flexibility index (Phi) is 7.76. The molecule has 0 atom stereocenters. The lowest BCUT2D eigenvalue weighted by Gasteiger charge is -2.12. The van der Waals surface area contributed by atoms with Crippen LogP contribution in [0.2, 0.25) is 5.02 Å². The molecule has 0 saturated heterocycles. The Labute approximate surface area is 169 Å². The maximum Gasteiger partial charge on any atom is 0.226 e. The zero-order valence-corrected chi connectivity index (χ0v) is 16.8. The quantitative estimate of drug-likeness (QED) is 0.626. The molecule has 2 amide bonds. The van der Waals surface area contributed by atoms with E-state index >= 15 is 0 Å². The number of aryl methyl sites for hydroxylation is 1. The van der Waals surface area contributed by atoms with Gasteiger partial charge < -0.3 is 16.0 Å². The number of carbonyl (C=O) groups is 2. The predicted molar refractivity (Wildman–Crippen MR) is 114 cm³/mol. The second kappa shape index (κ2) is 10.0. The molecule has 0 bridgehead atoms. The van der Waals surface area contributed by atoms with Crippen LogP contribution in [-0.2, 0) is 16.0 Å². The molecule has 2 aromatic carbocycles. The number of carbonyl (C=O) groups excluding carboxylic acids is 2. The van der Waals surface area contributed by atoms with Crippen LogP contribution in [0.15, 0.2) is 48.5 Å². The van der Waals surface area contributed by atoms with Gasteiger partial charge in [0.25, 0.3) is 0 Å². The lowest BCUT2D eigenvalue weighted by molar-refractivity contribution is -0.120. The number of hydrogen-bond acceptors (Lipinski definition) is 3. The Hall–Kier alpha value is -2.44. The van der Waals surface area contributed by atoms with Crippen molar-refractivity contribution in [2.45, 2.75) is 26.7 Å². The van der Waals surface area contributed by atoms with E-state index < -0.39 is 0 Å². The third kappa shape index (κ3) is 7.00. The Morgan fingerprint density at radius 2 is 1.70 bits per heavy atom. The summed E-state index contributed by atoms with van der Waals surface area (Å²) < 4.78 is 0. The van der Waals surface area contributed by atoms with Gasteiger partial charge in [-0.3, -0.25) is 9.59 Å². The van der Waals surface area contributed by atoms with Crippen LogP contribution in [0.5, 0.6) is 0 Å². The Morgan fingerprint density at radius 3 is 2.37 bits per heavy atom. The Balaban J connectivity index is 1.85. The number of nitrogens with one attached hydrogen (secondary N) is 3. The average Bonchev–Trinajstić information content (AvgIpc) is 2.61. The van der Waals surface area contributed by atoms with Gasteiger partial charge in [0.2, 0.25) is 11.8 Å². The minimum Gasteiger partial charge on any atom is -0.332 e. The Morgan fingerprint density at radius 1 is 1.04 bits per heavy atom. The lowest BCUT2D eigenvalue weighted by Crippen LogP contribution is -2.34. The first-order valence-corrected chi connectivity index (χ1v) is 9.39. The van der Waals surface area contributed by atoms with E-state index in [2.05, 4.69) is 16.0 Å². The summed E-state index contributed by atoms with van der Waals surface area (Å²) in [7, 11) is 0. The summed E-state index contributed by atoms with van der Waals surface area (Å²) in [6.45, 7) is 3.65. The van der Waals surface area contributed by atoms with E-state index in [0.29, 0.717) is 22.8 Å². The van der Waals surface area contributed by atoms with Crippen molar-refractivity contribution in [3.63, 3.8) is 0 Å². The lowest BCUT2D eigenvalue weighted by atomic mass is 10.1. The van der Waals surface area contributed by atoms with Crippen molar-refractivity contribution in [1.82, 2.24) is 5.32 Å². The zero-order valence-electron chi connectivity index (χ0n) is 15.2. The molecule has 0 fully saturated rings. The first-order valence-electron chi connectivity index (χ1n) is 8.60. The highest BCUT2D eigenvalue weighted by molar-refractivity contribution is 7.80. The van der Waals surface area contributed by atoms with Crippen molar-refractivity contribution in [2.75, 3.05) is 10.6 Å². The summed E-state index contributed by atoms with van der Waals surface area (Å²) in [5, 5.41) is 9.26. The SMILES string of the molecule is CC(C)C(=O)Nc1cccc(NC(=S)NC(=O)CCc2ccccc2Cl)c1. The molecule has 2 aromatic rings. The molecule has 0 unspecified atom stereocenters. The van der Waals surface area contributed by atoms with Crippen molar-refractivity contribution in [3.05, 3.63) is 59.1 Å². The highest BCUT2D eigenvalue weighted by atomic mass is 35.5. The summed E-state index contributed by atoms with van der Waals surface area (Å²) in [5.74, 6) is -0.376. The third-order valence-electron chi connectivity index (χ3n) is 3.74. The molecule has 5 nitrogen and oxygen atoms in total. The van der Waals surface area contributed by atoms with E-state index in [4.69, 9.17) is 23.8 Å². The maximum absolute atomic E-state index is 12.1. The molecule has 0 aliphatic heterocycles. The molecule has 0 heterocycles. The molecule has 0 aromatic heterocycles. The number of anilines is 2. The van der Waals surface area contributed by atoms with E-state index in [1.165, 1.54) is 0 Å². The molecular weight excluding hydrogens is 382 g/mol. The second-order valence-corrected chi connectivity index (χ2v) is 7.13. The number of amides is 2. The fourth-order valence-electron chi connectivity index (χ4n) is 2.26. The second-order valence-electron chi connectivity index (χ2n) is 6.32. The summed E-state index contributed by atoms with van der Waals surface area (Å²) in [6.07, 6.45) is 0.806. The molecule has 2 rings (SSSR count). The van der Waals surface area contributed by atoms with Gasteiger partial charge in [0, 0.05) is 28.7 Å². The zero-order chi connectivity index (χ0) is 19.8. The van der Waals surface area contributed by atoms with Gasteiger partial charge >= 0.3 is 0 Å². The molecule has 0 aliphatic carbocycles. The molecular formula is C20H22ClN3O2S. The first-order chi connectivity index (χ1) is 12.8. The fourth-order valence-corrected chi connectivity index (χ4v) is 2.72. The van der Waals surface area contributed by atoms with Crippen molar-refractivity contribution in [2.24, 2.45) is 5.92 Å². The monoisotopic (exact) mass is 403 g/mol. The third-order valence-corrected chi connectivity index (χ3v) is 4.32. The average molecular weight is 404 g/mol. The van der Waals surface area contributed by atoms with Crippen molar-refractivity contribution in [3.8, 4) is 0 Å². The van der Waals surface area contributed by atoms with Gasteiger partial charge in [-0.05, 0) is 48.5 Å². The normalized spacial score (nSPS) is 10.4. The molecule has 0 aliphatic rings. The van der Waals surface area contributed by atoms with Gasteiger partial charge in [-0.25, -0.2) is 0 Å². The number of benzene rings is 2. The highest BCUT2D eigenvalue weighted by Crippen LogP contribution is 2.17. The van der Waals surface area contributed by atoms with Crippen molar-refractivity contribution >= 4 is 52.1 Å². The first kappa shape index (κ1) is 20.9. The standard InChI is InChI=1S/C20H22ClN3O2S/c1-13(2)19(26)22-15-7-5-8-16(12-15)23-20(27)24-18(25)11-10-14-6-3-4-9-17(14)21/h3-9,12-13H,10-11H2,1-2H3,(H,22,26)(H2,23,24,25,27). The number of hydrogen-bond donors (Lipinski definition) is 3. The fraction of sp³-hybridized carbons (Fsp3) is 0.250. The molecule has 3 N–H and O–H groups in total. The van der Waals surface area contributed by atoms with Crippen LogP contribution < -0.4 is 16.0 Å².